The van der Waals surface area contributed by atoms with Crippen LogP contribution in [0.25, 0.3) is 11.3 Å². The predicted octanol–water partition coefficient (Wildman–Crippen LogP) is 3.96. The van der Waals surface area contributed by atoms with Crippen molar-refractivity contribution in [1.29, 1.82) is 0 Å². The number of furan rings is 1. The lowest BCUT2D eigenvalue weighted by molar-refractivity contribution is 0.102. The summed E-state index contributed by atoms with van der Waals surface area (Å²) in [7, 11) is 0. The first kappa shape index (κ1) is 12.6. The Bertz CT molecular complexity index is 731. The van der Waals surface area contributed by atoms with Crippen molar-refractivity contribution in [2.24, 2.45) is 0 Å². The zero-order valence-electron chi connectivity index (χ0n) is 10.8. The van der Waals surface area contributed by atoms with E-state index in [9.17, 15) is 4.79 Å². The van der Waals surface area contributed by atoms with Crippen LogP contribution in [-0.2, 0) is 0 Å². The average molecular weight is 284 g/mol. The van der Waals surface area contributed by atoms with Crippen molar-refractivity contribution in [2.75, 3.05) is 5.32 Å². The normalized spacial score (nSPS) is 10.4. The number of nitrogens with zero attached hydrogens (tertiary/aromatic N) is 1. The molecule has 1 aromatic carbocycles. The van der Waals surface area contributed by atoms with Gasteiger partial charge in [-0.3, -0.25) is 10.1 Å². The van der Waals surface area contributed by atoms with Crippen LogP contribution in [0.15, 0.2) is 52.5 Å². The largest absolute Gasteiger partial charge is 0.469 e. The van der Waals surface area contributed by atoms with E-state index >= 15 is 0 Å². The van der Waals surface area contributed by atoms with Crippen molar-refractivity contribution < 1.29 is 9.21 Å². The summed E-state index contributed by atoms with van der Waals surface area (Å²) >= 11 is 1.40. The Morgan fingerprint density at radius 2 is 2.05 bits per heavy atom. The number of hydrogen-bond acceptors (Lipinski definition) is 4. The molecule has 0 atom stereocenters. The monoisotopic (exact) mass is 284 g/mol. The van der Waals surface area contributed by atoms with Gasteiger partial charge < -0.3 is 4.42 Å². The molecule has 0 spiro atoms. The Morgan fingerprint density at radius 1 is 1.25 bits per heavy atom. The highest BCUT2D eigenvalue weighted by atomic mass is 32.1. The maximum Gasteiger partial charge on any atom is 0.260 e. The number of amides is 1. The van der Waals surface area contributed by atoms with Crippen LogP contribution >= 0.6 is 11.3 Å². The number of aryl methyl sites for hydroxylation is 1. The summed E-state index contributed by atoms with van der Waals surface area (Å²) in [5.41, 5.74) is 2.42. The number of benzene rings is 1. The van der Waals surface area contributed by atoms with E-state index in [1.807, 2.05) is 35.7 Å². The number of aromatic nitrogens is 1. The molecule has 2 heterocycles. The van der Waals surface area contributed by atoms with E-state index in [4.69, 9.17) is 4.42 Å². The first-order valence-electron chi connectivity index (χ1n) is 6.10. The average Bonchev–Trinajstić information content (AvgIpc) is 3.09. The summed E-state index contributed by atoms with van der Waals surface area (Å²) in [6.07, 6.45) is 1.50. The minimum atomic E-state index is -0.204. The molecular weight excluding hydrogens is 272 g/mol. The van der Waals surface area contributed by atoms with Gasteiger partial charge >= 0.3 is 0 Å². The molecule has 2 aromatic heterocycles. The molecule has 20 heavy (non-hydrogen) atoms. The Balaban J connectivity index is 1.78. The molecule has 0 saturated heterocycles. The van der Waals surface area contributed by atoms with Gasteiger partial charge in [-0.25, -0.2) is 4.98 Å². The second kappa shape index (κ2) is 5.30. The van der Waals surface area contributed by atoms with Gasteiger partial charge in [0, 0.05) is 10.9 Å². The molecule has 100 valence electrons. The number of nitrogens with one attached hydrogen (secondary N) is 1. The van der Waals surface area contributed by atoms with Crippen LogP contribution in [0.3, 0.4) is 0 Å². The minimum Gasteiger partial charge on any atom is -0.469 e. The number of hydrogen-bond donors (Lipinski definition) is 1. The van der Waals surface area contributed by atoms with E-state index < -0.39 is 0 Å². The minimum absolute atomic E-state index is 0.204. The fourth-order valence-electron chi connectivity index (χ4n) is 1.86. The first-order valence-corrected chi connectivity index (χ1v) is 6.98. The van der Waals surface area contributed by atoms with Crippen molar-refractivity contribution in [3.63, 3.8) is 0 Å². The van der Waals surface area contributed by atoms with Crippen LogP contribution in [0.5, 0.6) is 0 Å². The molecule has 4 nitrogen and oxygen atoms in total. The quantitative estimate of drug-likeness (QED) is 0.792. The van der Waals surface area contributed by atoms with Crippen LogP contribution in [-0.4, -0.2) is 10.9 Å². The van der Waals surface area contributed by atoms with Crippen molar-refractivity contribution in [3.05, 3.63) is 59.4 Å². The highest BCUT2D eigenvalue weighted by Crippen LogP contribution is 2.25. The number of carbonyl (C=O) groups is 1. The fraction of sp³-hybridized carbons (Fsp3) is 0.0667. The molecule has 1 amide bonds. The van der Waals surface area contributed by atoms with E-state index in [0.29, 0.717) is 16.5 Å². The smallest absolute Gasteiger partial charge is 0.260 e. The molecule has 0 aliphatic heterocycles. The van der Waals surface area contributed by atoms with Gasteiger partial charge in [0.15, 0.2) is 5.13 Å². The topological polar surface area (TPSA) is 55.1 Å². The molecule has 3 aromatic rings. The fourth-order valence-corrected chi connectivity index (χ4v) is 2.57. The van der Waals surface area contributed by atoms with Gasteiger partial charge in [0.05, 0.1) is 17.5 Å². The molecule has 0 aliphatic rings. The summed E-state index contributed by atoms with van der Waals surface area (Å²) in [4.78, 5) is 16.5. The van der Waals surface area contributed by atoms with Gasteiger partial charge in [-0.05, 0) is 13.0 Å². The van der Waals surface area contributed by atoms with E-state index in [2.05, 4.69) is 10.3 Å². The predicted molar refractivity (Wildman–Crippen MR) is 78.9 cm³/mol. The summed E-state index contributed by atoms with van der Waals surface area (Å²) in [6, 6.07) is 11.5. The Morgan fingerprint density at radius 3 is 2.75 bits per heavy atom. The summed E-state index contributed by atoms with van der Waals surface area (Å²) in [5.74, 6) is 0.396. The van der Waals surface area contributed by atoms with E-state index in [1.54, 1.807) is 13.0 Å². The zero-order chi connectivity index (χ0) is 13.9. The molecule has 5 heteroatoms. The Hall–Kier alpha value is -2.40. The summed E-state index contributed by atoms with van der Waals surface area (Å²) < 4.78 is 5.12. The molecular formula is C15H12N2O2S. The van der Waals surface area contributed by atoms with E-state index in [0.717, 1.165) is 11.3 Å². The van der Waals surface area contributed by atoms with Gasteiger partial charge in [-0.15, -0.1) is 11.3 Å². The van der Waals surface area contributed by atoms with E-state index in [-0.39, 0.29) is 5.91 Å². The molecule has 0 fully saturated rings. The van der Waals surface area contributed by atoms with Crippen LogP contribution in [0.1, 0.15) is 16.1 Å². The lowest BCUT2D eigenvalue weighted by atomic mass is 10.2. The second-order valence-electron chi connectivity index (χ2n) is 4.25. The lowest BCUT2D eigenvalue weighted by Gasteiger charge is -1.99. The standard InChI is InChI=1S/C15H12N2O2S/c1-10-12(7-8-19-10)14(18)17-15-16-13(9-20-15)11-5-3-2-4-6-11/h2-9H,1H3,(H,16,17,18). The van der Waals surface area contributed by atoms with Gasteiger partial charge in [0.1, 0.15) is 5.76 Å². The number of thiazole rings is 1. The maximum absolute atomic E-state index is 12.0. The molecule has 1 N–H and O–H groups in total. The third-order valence-corrected chi connectivity index (χ3v) is 3.66. The van der Waals surface area contributed by atoms with Crippen LogP contribution in [0.4, 0.5) is 5.13 Å². The van der Waals surface area contributed by atoms with Crippen molar-refractivity contribution in [3.8, 4) is 11.3 Å². The molecule has 0 saturated carbocycles. The van der Waals surface area contributed by atoms with Gasteiger partial charge in [-0.1, -0.05) is 30.3 Å². The first-order chi connectivity index (χ1) is 9.74. The van der Waals surface area contributed by atoms with Crippen LogP contribution in [0.2, 0.25) is 0 Å². The molecule has 0 unspecified atom stereocenters. The lowest BCUT2D eigenvalue weighted by Crippen LogP contribution is -2.11. The third-order valence-electron chi connectivity index (χ3n) is 2.90. The maximum atomic E-state index is 12.0. The molecule has 3 rings (SSSR count). The van der Waals surface area contributed by atoms with Gasteiger partial charge in [0.2, 0.25) is 0 Å². The number of anilines is 1. The SMILES string of the molecule is Cc1occc1C(=O)Nc1nc(-c2ccccc2)cs1. The highest BCUT2D eigenvalue weighted by molar-refractivity contribution is 7.14. The number of carbonyl (C=O) groups excluding carboxylic acids is 1. The molecule has 0 radical (unpaired) electrons. The Kier molecular flexibility index (Phi) is 3.35. The van der Waals surface area contributed by atoms with Crippen LogP contribution in [0, 0.1) is 6.92 Å². The van der Waals surface area contributed by atoms with Crippen molar-refractivity contribution in [2.45, 2.75) is 6.92 Å². The van der Waals surface area contributed by atoms with E-state index in [1.165, 1.54) is 17.6 Å². The van der Waals surface area contributed by atoms with Crippen molar-refractivity contribution in [1.82, 2.24) is 4.98 Å². The summed E-state index contributed by atoms with van der Waals surface area (Å²) in [5, 5.41) is 5.29. The molecule has 0 aliphatic carbocycles. The van der Waals surface area contributed by atoms with Gasteiger partial charge in [0.25, 0.3) is 5.91 Å². The number of rotatable bonds is 3. The van der Waals surface area contributed by atoms with Crippen LogP contribution < -0.4 is 5.32 Å². The summed E-state index contributed by atoms with van der Waals surface area (Å²) in [6.45, 7) is 1.76. The second-order valence-corrected chi connectivity index (χ2v) is 5.11. The van der Waals surface area contributed by atoms with Gasteiger partial charge in [-0.2, -0.15) is 0 Å². The third kappa shape index (κ3) is 2.48. The van der Waals surface area contributed by atoms with Crippen molar-refractivity contribution >= 4 is 22.4 Å². The molecule has 0 bridgehead atoms. The Labute approximate surface area is 120 Å². The zero-order valence-corrected chi connectivity index (χ0v) is 11.6. The highest BCUT2D eigenvalue weighted by Gasteiger charge is 2.13.